The summed E-state index contributed by atoms with van der Waals surface area (Å²) in [6, 6.07) is 1.76. The fourth-order valence-electron chi connectivity index (χ4n) is 0.841. The summed E-state index contributed by atoms with van der Waals surface area (Å²) in [5, 5.41) is 6.90. The van der Waals surface area contributed by atoms with Crippen molar-refractivity contribution in [2.24, 2.45) is 5.73 Å². The molecule has 0 aliphatic carbocycles. The van der Waals surface area contributed by atoms with Crippen LogP contribution in [0.2, 0.25) is 0 Å². The molecule has 0 atom stereocenters. The Labute approximate surface area is 91.8 Å². The molecule has 0 radical (unpaired) electrons. The average Bonchev–Trinajstić information content (AvgIpc) is 1.97. The Balaban J connectivity index is 0. The fourth-order valence-corrected chi connectivity index (χ4v) is 0.841. The van der Waals surface area contributed by atoms with Crippen molar-refractivity contribution in [2.75, 3.05) is 5.73 Å². The van der Waals surface area contributed by atoms with Crippen molar-refractivity contribution in [3.8, 4) is 0 Å². The van der Waals surface area contributed by atoms with Gasteiger partial charge in [0.2, 0.25) is 0 Å². The number of hydrogen-bond acceptors (Lipinski definition) is 2. The van der Waals surface area contributed by atoms with Crippen molar-refractivity contribution >= 4 is 36.3 Å². The van der Waals surface area contributed by atoms with Crippen molar-refractivity contribution in [3.05, 3.63) is 29.3 Å². The van der Waals surface area contributed by atoms with Gasteiger partial charge in [0.05, 0.1) is 11.3 Å². The molecule has 7 heteroatoms. The highest BCUT2D eigenvalue weighted by molar-refractivity contribution is 6.00. The van der Waals surface area contributed by atoms with Gasteiger partial charge in [-0.3, -0.25) is 5.41 Å². The summed E-state index contributed by atoms with van der Waals surface area (Å²) < 4.78 is 25.5. The molecule has 80 valence electrons. The maximum atomic E-state index is 12.8. The zero-order valence-electron chi connectivity index (χ0n) is 6.88. The largest absolute Gasteiger partial charge is 0.396 e. The zero-order chi connectivity index (χ0) is 9.30. The summed E-state index contributed by atoms with van der Waals surface area (Å²) in [4.78, 5) is 0. The van der Waals surface area contributed by atoms with Gasteiger partial charge in [0, 0.05) is 0 Å². The molecule has 5 N–H and O–H groups in total. The third kappa shape index (κ3) is 2.71. The van der Waals surface area contributed by atoms with Crippen LogP contribution < -0.4 is 11.5 Å². The monoisotopic (exact) mass is 243 g/mol. The van der Waals surface area contributed by atoms with E-state index in [4.69, 9.17) is 16.9 Å². The standard InChI is InChI=1S/C7H7F2N3.2ClH/c8-3-1-2-4(9)6(10)5(3)7(11)12;;/h1-2H,10H2,(H3,11,12);2*1H. The molecule has 1 aromatic rings. The Bertz CT molecular complexity index is 344. The number of benzene rings is 1. The number of rotatable bonds is 1. The highest BCUT2D eigenvalue weighted by atomic mass is 35.5. The lowest BCUT2D eigenvalue weighted by molar-refractivity contribution is 0.602. The molecule has 1 rings (SSSR count). The lowest BCUT2D eigenvalue weighted by Gasteiger charge is -2.04. The van der Waals surface area contributed by atoms with Crippen LogP contribution in [0.15, 0.2) is 12.1 Å². The van der Waals surface area contributed by atoms with Gasteiger partial charge in [0.25, 0.3) is 0 Å². The van der Waals surface area contributed by atoms with Gasteiger partial charge in [-0.15, -0.1) is 24.8 Å². The highest BCUT2D eigenvalue weighted by Crippen LogP contribution is 2.18. The quantitative estimate of drug-likeness (QED) is 0.399. The van der Waals surface area contributed by atoms with E-state index >= 15 is 0 Å². The summed E-state index contributed by atoms with van der Waals surface area (Å²) in [6.45, 7) is 0. The average molecular weight is 244 g/mol. The van der Waals surface area contributed by atoms with Gasteiger partial charge in [-0.05, 0) is 12.1 Å². The maximum absolute atomic E-state index is 12.8. The number of anilines is 1. The van der Waals surface area contributed by atoms with E-state index in [1.54, 1.807) is 0 Å². The number of nitrogen functional groups attached to an aromatic ring is 2. The molecule has 1 aromatic carbocycles. The third-order valence-corrected chi connectivity index (χ3v) is 1.41. The Morgan fingerprint density at radius 1 is 1.14 bits per heavy atom. The van der Waals surface area contributed by atoms with Gasteiger partial charge in [0.1, 0.15) is 17.5 Å². The molecular weight excluding hydrogens is 235 g/mol. The first-order chi connectivity index (χ1) is 5.54. The predicted molar refractivity (Wildman–Crippen MR) is 56.3 cm³/mol. The topological polar surface area (TPSA) is 75.9 Å². The van der Waals surface area contributed by atoms with Crippen LogP contribution in [0.5, 0.6) is 0 Å². The maximum Gasteiger partial charge on any atom is 0.147 e. The molecule has 0 saturated carbocycles. The van der Waals surface area contributed by atoms with Crippen LogP contribution in [0.25, 0.3) is 0 Å². The van der Waals surface area contributed by atoms with Crippen LogP contribution in [-0.4, -0.2) is 5.84 Å². The summed E-state index contributed by atoms with van der Waals surface area (Å²) in [5.74, 6) is -2.15. The van der Waals surface area contributed by atoms with E-state index in [2.05, 4.69) is 0 Å². The van der Waals surface area contributed by atoms with Crippen LogP contribution >= 0.6 is 24.8 Å². The van der Waals surface area contributed by atoms with Crippen molar-refractivity contribution < 1.29 is 8.78 Å². The zero-order valence-corrected chi connectivity index (χ0v) is 8.51. The minimum absolute atomic E-state index is 0. The number of amidine groups is 1. The molecule has 0 unspecified atom stereocenters. The predicted octanol–water partition coefficient (Wildman–Crippen LogP) is 1.67. The summed E-state index contributed by atoms with van der Waals surface area (Å²) in [7, 11) is 0. The minimum Gasteiger partial charge on any atom is -0.396 e. The first-order valence-corrected chi connectivity index (χ1v) is 3.12. The van der Waals surface area contributed by atoms with Gasteiger partial charge >= 0.3 is 0 Å². The molecule has 0 amide bonds. The summed E-state index contributed by atoms with van der Waals surface area (Å²) in [5.41, 5.74) is 9.32. The van der Waals surface area contributed by atoms with E-state index in [0.717, 1.165) is 12.1 Å². The smallest absolute Gasteiger partial charge is 0.147 e. The third-order valence-electron chi connectivity index (χ3n) is 1.41. The van der Waals surface area contributed by atoms with E-state index in [0.29, 0.717) is 0 Å². The molecule has 14 heavy (non-hydrogen) atoms. The Hall–Kier alpha value is -1.07. The van der Waals surface area contributed by atoms with Gasteiger partial charge in [-0.25, -0.2) is 8.78 Å². The van der Waals surface area contributed by atoms with E-state index in [-0.39, 0.29) is 30.4 Å². The second kappa shape index (κ2) is 5.62. The Kier molecular flexibility index (Phi) is 6.18. The van der Waals surface area contributed by atoms with Crippen LogP contribution in [-0.2, 0) is 0 Å². The van der Waals surface area contributed by atoms with Crippen molar-refractivity contribution in [3.63, 3.8) is 0 Å². The second-order valence-electron chi connectivity index (χ2n) is 2.23. The highest BCUT2D eigenvalue weighted by Gasteiger charge is 2.12. The fraction of sp³-hybridized carbons (Fsp3) is 0. The molecule has 3 nitrogen and oxygen atoms in total. The van der Waals surface area contributed by atoms with Crippen LogP contribution in [0, 0.1) is 17.0 Å². The van der Waals surface area contributed by atoms with Gasteiger partial charge in [-0.2, -0.15) is 0 Å². The van der Waals surface area contributed by atoms with E-state index in [1.807, 2.05) is 0 Å². The Morgan fingerprint density at radius 3 is 1.93 bits per heavy atom. The Morgan fingerprint density at radius 2 is 1.57 bits per heavy atom. The first kappa shape index (κ1) is 15.4. The number of halogens is 4. The van der Waals surface area contributed by atoms with Crippen LogP contribution in [0.1, 0.15) is 5.56 Å². The number of hydrogen-bond donors (Lipinski definition) is 3. The number of nitrogens with two attached hydrogens (primary N) is 2. The van der Waals surface area contributed by atoms with E-state index in [9.17, 15) is 8.78 Å². The molecule has 0 saturated heterocycles. The molecule has 0 aliphatic heterocycles. The van der Waals surface area contributed by atoms with Crippen LogP contribution in [0.3, 0.4) is 0 Å². The van der Waals surface area contributed by atoms with Crippen molar-refractivity contribution in [1.82, 2.24) is 0 Å². The minimum atomic E-state index is -0.790. The van der Waals surface area contributed by atoms with Gasteiger partial charge in [-0.1, -0.05) is 0 Å². The number of nitrogens with one attached hydrogen (secondary N) is 1. The second-order valence-corrected chi connectivity index (χ2v) is 2.23. The molecule has 0 bridgehead atoms. The van der Waals surface area contributed by atoms with Crippen molar-refractivity contribution in [1.29, 1.82) is 5.41 Å². The lowest BCUT2D eigenvalue weighted by atomic mass is 10.1. The normalized spacial score (nSPS) is 8.43. The SMILES string of the molecule is Cl.Cl.N=C(N)c1c(F)ccc(F)c1N. The summed E-state index contributed by atoms with van der Waals surface area (Å²) in [6.07, 6.45) is 0. The van der Waals surface area contributed by atoms with Gasteiger partial charge < -0.3 is 11.5 Å². The molecule has 0 aromatic heterocycles. The molecule has 0 heterocycles. The first-order valence-electron chi connectivity index (χ1n) is 3.12. The van der Waals surface area contributed by atoms with E-state index < -0.39 is 23.2 Å². The molecule has 0 spiro atoms. The van der Waals surface area contributed by atoms with Gasteiger partial charge in [0.15, 0.2) is 0 Å². The molecule has 0 fully saturated rings. The van der Waals surface area contributed by atoms with Crippen molar-refractivity contribution in [2.45, 2.75) is 0 Å². The van der Waals surface area contributed by atoms with E-state index in [1.165, 1.54) is 0 Å². The van der Waals surface area contributed by atoms with Crippen LogP contribution in [0.4, 0.5) is 14.5 Å². The lowest BCUT2D eigenvalue weighted by Crippen LogP contribution is -2.16. The summed E-state index contributed by atoms with van der Waals surface area (Å²) >= 11 is 0. The molecular formula is C7H9Cl2F2N3. The molecule has 0 aliphatic rings.